The topological polar surface area (TPSA) is 20.3 Å². The van der Waals surface area contributed by atoms with Crippen molar-refractivity contribution >= 4 is 29.0 Å². The SMILES string of the molecule is O=C(c1cccs1)N1CCS[C@H]1c1ccc(F)cc1. The number of thioether (sulfide) groups is 1. The lowest BCUT2D eigenvalue weighted by Crippen LogP contribution is -2.29. The van der Waals surface area contributed by atoms with Gasteiger partial charge in [-0.1, -0.05) is 18.2 Å². The molecule has 1 saturated heterocycles. The van der Waals surface area contributed by atoms with E-state index in [1.807, 2.05) is 22.4 Å². The van der Waals surface area contributed by atoms with Crippen LogP contribution in [0.25, 0.3) is 0 Å². The Kier molecular flexibility index (Phi) is 3.57. The third kappa shape index (κ3) is 2.53. The van der Waals surface area contributed by atoms with E-state index in [4.69, 9.17) is 0 Å². The quantitative estimate of drug-likeness (QED) is 0.840. The van der Waals surface area contributed by atoms with E-state index in [0.717, 1.165) is 22.7 Å². The van der Waals surface area contributed by atoms with Gasteiger partial charge in [0.2, 0.25) is 0 Å². The van der Waals surface area contributed by atoms with Gasteiger partial charge in [-0.2, -0.15) is 0 Å². The summed E-state index contributed by atoms with van der Waals surface area (Å²) in [4.78, 5) is 15.0. The van der Waals surface area contributed by atoms with E-state index in [1.54, 1.807) is 23.9 Å². The third-order valence-corrected chi connectivity index (χ3v) is 5.16. The smallest absolute Gasteiger partial charge is 0.265 e. The predicted octanol–water partition coefficient (Wildman–Crippen LogP) is 3.78. The molecule has 2 nitrogen and oxygen atoms in total. The summed E-state index contributed by atoms with van der Waals surface area (Å²) in [6, 6.07) is 10.1. The van der Waals surface area contributed by atoms with Crippen LogP contribution in [0.5, 0.6) is 0 Å². The van der Waals surface area contributed by atoms with Crippen LogP contribution in [-0.2, 0) is 0 Å². The minimum absolute atomic E-state index is 0.00444. The van der Waals surface area contributed by atoms with Crippen molar-refractivity contribution in [1.82, 2.24) is 4.90 Å². The van der Waals surface area contributed by atoms with Gasteiger partial charge in [0, 0.05) is 12.3 Å². The van der Waals surface area contributed by atoms with Crippen molar-refractivity contribution in [2.24, 2.45) is 0 Å². The fraction of sp³-hybridized carbons (Fsp3) is 0.214. The van der Waals surface area contributed by atoms with Crippen LogP contribution in [0.15, 0.2) is 41.8 Å². The number of halogens is 1. The number of hydrogen-bond acceptors (Lipinski definition) is 3. The minimum Gasteiger partial charge on any atom is -0.321 e. The van der Waals surface area contributed by atoms with Gasteiger partial charge in [-0.3, -0.25) is 4.79 Å². The molecule has 0 unspecified atom stereocenters. The number of nitrogens with zero attached hydrogens (tertiary/aromatic N) is 1. The summed E-state index contributed by atoms with van der Waals surface area (Å²) in [7, 11) is 0. The van der Waals surface area contributed by atoms with Crippen LogP contribution in [0.1, 0.15) is 20.6 Å². The molecule has 1 amide bonds. The minimum atomic E-state index is -0.247. The van der Waals surface area contributed by atoms with Crippen LogP contribution in [0, 0.1) is 5.82 Å². The van der Waals surface area contributed by atoms with E-state index in [9.17, 15) is 9.18 Å². The number of carbonyl (C=O) groups excluding carboxylic acids is 1. The van der Waals surface area contributed by atoms with E-state index in [2.05, 4.69) is 0 Å². The van der Waals surface area contributed by atoms with Gasteiger partial charge < -0.3 is 4.90 Å². The number of carbonyl (C=O) groups is 1. The molecule has 0 radical (unpaired) electrons. The maximum Gasteiger partial charge on any atom is 0.265 e. The molecule has 0 spiro atoms. The van der Waals surface area contributed by atoms with Crippen LogP contribution in [0.3, 0.4) is 0 Å². The second kappa shape index (κ2) is 5.35. The van der Waals surface area contributed by atoms with Crippen LogP contribution in [-0.4, -0.2) is 23.1 Å². The van der Waals surface area contributed by atoms with E-state index >= 15 is 0 Å². The number of hydrogen-bond donors (Lipinski definition) is 0. The van der Waals surface area contributed by atoms with Gasteiger partial charge in [0.1, 0.15) is 11.2 Å². The summed E-state index contributed by atoms with van der Waals surface area (Å²) >= 11 is 3.18. The summed E-state index contributed by atoms with van der Waals surface area (Å²) in [5.41, 5.74) is 0.980. The molecule has 2 heterocycles. The number of amides is 1. The average molecular weight is 293 g/mol. The Labute approximate surface area is 119 Å². The van der Waals surface area contributed by atoms with E-state index in [1.165, 1.54) is 23.5 Å². The molecule has 0 aliphatic carbocycles. The van der Waals surface area contributed by atoms with Crippen LogP contribution in [0.4, 0.5) is 4.39 Å². The Morgan fingerprint density at radius 1 is 1.26 bits per heavy atom. The first kappa shape index (κ1) is 12.7. The monoisotopic (exact) mass is 293 g/mol. The highest BCUT2D eigenvalue weighted by molar-refractivity contribution is 7.99. The second-order valence-corrected chi connectivity index (χ2v) is 6.39. The molecule has 1 atom stereocenters. The van der Waals surface area contributed by atoms with Crippen molar-refractivity contribution in [1.29, 1.82) is 0 Å². The highest BCUT2D eigenvalue weighted by Gasteiger charge is 2.31. The molecule has 1 aromatic carbocycles. The zero-order chi connectivity index (χ0) is 13.2. The zero-order valence-electron chi connectivity index (χ0n) is 10.1. The van der Waals surface area contributed by atoms with Gasteiger partial charge in [-0.05, 0) is 29.1 Å². The van der Waals surface area contributed by atoms with E-state index in [-0.39, 0.29) is 17.1 Å². The maximum absolute atomic E-state index is 13.0. The summed E-state index contributed by atoms with van der Waals surface area (Å²) in [5, 5.41) is 1.90. The molecule has 3 rings (SSSR count). The van der Waals surface area contributed by atoms with Crippen molar-refractivity contribution < 1.29 is 9.18 Å². The molecule has 1 fully saturated rings. The van der Waals surface area contributed by atoms with Gasteiger partial charge in [0.05, 0.1) is 4.88 Å². The fourth-order valence-electron chi connectivity index (χ4n) is 2.12. The van der Waals surface area contributed by atoms with Crippen molar-refractivity contribution in [3.05, 3.63) is 58.0 Å². The van der Waals surface area contributed by atoms with E-state index in [0.29, 0.717) is 0 Å². The number of rotatable bonds is 2. The van der Waals surface area contributed by atoms with Gasteiger partial charge in [0.25, 0.3) is 5.91 Å². The van der Waals surface area contributed by atoms with Crippen LogP contribution >= 0.6 is 23.1 Å². The first-order valence-electron chi connectivity index (χ1n) is 5.97. The highest BCUT2D eigenvalue weighted by Crippen LogP contribution is 2.39. The Balaban J connectivity index is 1.85. The van der Waals surface area contributed by atoms with Crippen LogP contribution in [0.2, 0.25) is 0 Å². The zero-order valence-corrected chi connectivity index (χ0v) is 11.7. The molecular weight excluding hydrogens is 281 g/mol. The Morgan fingerprint density at radius 3 is 2.74 bits per heavy atom. The summed E-state index contributed by atoms with van der Waals surface area (Å²) in [6.45, 7) is 0.740. The van der Waals surface area contributed by atoms with Crippen molar-refractivity contribution in [3.63, 3.8) is 0 Å². The van der Waals surface area contributed by atoms with Gasteiger partial charge >= 0.3 is 0 Å². The molecule has 5 heteroatoms. The van der Waals surface area contributed by atoms with Crippen molar-refractivity contribution in [3.8, 4) is 0 Å². The second-order valence-electron chi connectivity index (χ2n) is 4.25. The predicted molar refractivity (Wildman–Crippen MR) is 77.0 cm³/mol. The fourth-order valence-corrected chi connectivity index (χ4v) is 4.06. The Bertz CT molecular complexity index is 568. The molecule has 0 N–H and O–H groups in total. The van der Waals surface area contributed by atoms with Crippen molar-refractivity contribution in [2.75, 3.05) is 12.3 Å². The molecule has 0 saturated carbocycles. The van der Waals surface area contributed by atoms with Gasteiger partial charge in [-0.15, -0.1) is 23.1 Å². The lowest BCUT2D eigenvalue weighted by molar-refractivity contribution is 0.0765. The maximum atomic E-state index is 13.0. The molecule has 98 valence electrons. The first-order valence-corrected chi connectivity index (χ1v) is 7.90. The standard InChI is InChI=1S/C14H12FNOS2/c15-11-5-3-10(4-6-11)14-16(7-9-19-14)13(17)12-2-1-8-18-12/h1-6,8,14H,7,9H2/t14-/m0/s1. The summed E-state index contributed by atoms with van der Waals surface area (Å²) in [5.74, 6) is 0.733. The highest BCUT2D eigenvalue weighted by atomic mass is 32.2. The lowest BCUT2D eigenvalue weighted by atomic mass is 10.2. The normalized spacial score (nSPS) is 18.8. The average Bonchev–Trinajstić information content (AvgIpc) is 3.10. The summed E-state index contributed by atoms with van der Waals surface area (Å²) in [6.07, 6.45) is 0. The number of benzene rings is 1. The molecular formula is C14H12FNOS2. The van der Waals surface area contributed by atoms with Crippen LogP contribution < -0.4 is 0 Å². The number of thiophene rings is 1. The lowest BCUT2D eigenvalue weighted by Gasteiger charge is -2.23. The third-order valence-electron chi connectivity index (χ3n) is 3.04. The molecule has 0 bridgehead atoms. The molecule has 1 aliphatic rings. The van der Waals surface area contributed by atoms with Crippen molar-refractivity contribution in [2.45, 2.75) is 5.37 Å². The summed E-state index contributed by atoms with van der Waals surface area (Å²) < 4.78 is 13.0. The Morgan fingerprint density at radius 2 is 2.05 bits per heavy atom. The van der Waals surface area contributed by atoms with E-state index < -0.39 is 0 Å². The van der Waals surface area contributed by atoms with Gasteiger partial charge in [-0.25, -0.2) is 4.39 Å². The Hall–Kier alpha value is -1.33. The van der Waals surface area contributed by atoms with Gasteiger partial charge in [0.15, 0.2) is 0 Å². The molecule has 19 heavy (non-hydrogen) atoms. The molecule has 1 aliphatic heterocycles. The first-order chi connectivity index (χ1) is 9.25. The molecule has 2 aromatic rings. The largest absolute Gasteiger partial charge is 0.321 e. The molecule has 1 aromatic heterocycles.